The van der Waals surface area contributed by atoms with Gasteiger partial charge in [0.05, 0.1) is 18.8 Å². The largest absolute Gasteiger partial charge is 0.389 e. The zero-order chi connectivity index (χ0) is 15.4. The molecule has 1 saturated heterocycles. The second-order valence-corrected chi connectivity index (χ2v) is 6.71. The van der Waals surface area contributed by atoms with E-state index in [0.717, 1.165) is 43.9 Å². The molecule has 0 radical (unpaired) electrons. The lowest BCUT2D eigenvalue weighted by atomic mass is 10.0. The molecule has 2 aliphatic rings. The minimum absolute atomic E-state index is 0.00937. The van der Waals surface area contributed by atoms with Crippen LogP contribution in [0.5, 0.6) is 0 Å². The summed E-state index contributed by atoms with van der Waals surface area (Å²) in [6.07, 6.45) is 3.76. The van der Waals surface area contributed by atoms with Gasteiger partial charge in [-0.3, -0.25) is 0 Å². The van der Waals surface area contributed by atoms with Crippen molar-refractivity contribution in [1.29, 1.82) is 0 Å². The molecule has 1 atom stereocenters. The topological polar surface area (TPSA) is 50.7 Å². The zero-order valence-electron chi connectivity index (χ0n) is 12.8. The second kappa shape index (κ2) is 7.28. The van der Waals surface area contributed by atoms with Gasteiger partial charge in [0, 0.05) is 30.3 Å². The van der Waals surface area contributed by atoms with Crippen LogP contribution in [-0.4, -0.2) is 43.7 Å². The number of aliphatic hydroxyl groups is 1. The van der Waals surface area contributed by atoms with E-state index in [2.05, 4.69) is 11.4 Å². The van der Waals surface area contributed by atoms with Crippen LogP contribution in [0.2, 0.25) is 5.02 Å². The summed E-state index contributed by atoms with van der Waals surface area (Å²) in [5, 5.41) is 14.4. The quantitative estimate of drug-likeness (QED) is 0.808. The normalized spacial score (nSPS) is 22.5. The van der Waals surface area contributed by atoms with E-state index in [0.29, 0.717) is 13.2 Å². The van der Waals surface area contributed by atoms with E-state index in [1.807, 2.05) is 18.2 Å². The first kappa shape index (κ1) is 16.2. The van der Waals surface area contributed by atoms with Crippen molar-refractivity contribution in [1.82, 2.24) is 5.32 Å². The molecule has 1 aromatic carbocycles. The Bertz CT molecular complexity index is 487. The Labute approximate surface area is 136 Å². The Morgan fingerprint density at radius 2 is 2.14 bits per heavy atom. The Morgan fingerprint density at radius 1 is 1.36 bits per heavy atom. The molecule has 1 aliphatic heterocycles. The second-order valence-electron chi connectivity index (χ2n) is 6.27. The van der Waals surface area contributed by atoms with Gasteiger partial charge in [-0.1, -0.05) is 23.7 Å². The summed E-state index contributed by atoms with van der Waals surface area (Å²) in [4.78, 5) is 0. The van der Waals surface area contributed by atoms with Crippen LogP contribution in [-0.2, 0) is 15.0 Å². The van der Waals surface area contributed by atoms with Crippen LogP contribution in [0.1, 0.15) is 31.2 Å². The molecule has 1 aromatic rings. The van der Waals surface area contributed by atoms with Crippen molar-refractivity contribution in [3.8, 4) is 0 Å². The van der Waals surface area contributed by atoms with Crippen LogP contribution < -0.4 is 5.32 Å². The Morgan fingerprint density at radius 3 is 2.82 bits per heavy atom. The highest BCUT2D eigenvalue weighted by Crippen LogP contribution is 2.45. The molecule has 1 heterocycles. The summed E-state index contributed by atoms with van der Waals surface area (Å²) in [7, 11) is 0. The van der Waals surface area contributed by atoms with Gasteiger partial charge in [0.2, 0.25) is 0 Å². The molecule has 1 unspecified atom stereocenters. The predicted molar refractivity (Wildman–Crippen MR) is 86.2 cm³/mol. The highest BCUT2D eigenvalue weighted by molar-refractivity contribution is 6.30. The SMILES string of the molecule is OC(CNC1(c2cccc(Cl)c2)CC1)COC1CCOCC1. The lowest BCUT2D eigenvalue weighted by Crippen LogP contribution is -2.38. The van der Waals surface area contributed by atoms with Gasteiger partial charge < -0.3 is 19.9 Å². The molecule has 3 rings (SSSR count). The predicted octanol–water partition coefficient (Wildman–Crippen LogP) is 2.48. The molecule has 1 saturated carbocycles. The van der Waals surface area contributed by atoms with Gasteiger partial charge >= 0.3 is 0 Å². The first-order valence-electron chi connectivity index (χ1n) is 8.06. The van der Waals surface area contributed by atoms with Gasteiger partial charge in [-0.25, -0.2) is 0 Å². The van der Waals surface area contributed by atoms with E-state index in [4.69, 9.17) is 21.1 Å². The fourth-order valence-electron chi connectivity index (χ4n) is 2.94. The lowest BCUT2D eigenvalue weighted by molar-refractivity contribution is -0.0590. The minimum atomic E-state index is -0.487. The van der Waals surface area contributed by atoms with E-state index in [1.54, 1.807) is 0 Å². The Hall–Kier alpha value is -0.650. The summed E-state index contributed by atoms with van der Waals surface area (Å²) >= 11 is 6.07. The molecule has 2 fully saturated rings. The van der Waals surface area contributed by atoms with E-state index >= 15 is 0 Å². The number of aliphatic hydroxyl groups excluding tert-OH is 1. The molecule has 0 amide bonds. The third kappa shape index (κ3) is 4.21. The van der Waals surface area contributed by atoms with Crippen LogP contribution in [0.15, 0.2) is 24.3 Å². The molecular weight excluding hydrogens is 302 g/mol. The van der Waals surface area contributed by atoms with E-state index in [-0.39, 0.29) is 11.6 Å². The number of rotatable bonds is 7. The maximum atomic E-state index is 10.1. The minimum Gasteiger partial charge on any atom is -0.389 e. The van der Waals surface area contributed by atoms with Crippen LogP contribution in [0.25, 0.3) is 0 Å². The monoisotopic (exact) mass is 325 g/mol. The Balaban J connectivity index is 1.43. The standard InChI is InChI=1S/C17H24ClNO3/c18-14-3-1-2-13(10-14)17(6-7-17)19-11-15(20)12-22-16-4-8-21-9-5-16/h1-3,10,15-16,19-20H,4-9,11-12H2. The van der Waals surface area contributed by atoms with Gasteiger partial charge in [-0.15, -0.1) is 0 Å². The molecule has 0 bridgehead atoms. The van der Waals surface area contributed by atoms with Crippen LogP contribution >= 0.6 is 11.6 Å². The van der Waals surface area contributed by atoms with Crippen molar-refractivity contribution in [2.45, 2.75) is 43.4 Å². The first-order valence-corrected chi connectivity index (χ1v) is 8.44. The molecule has 0 aromatic heterocycles. The van der Waals surface area contributed by atoms with Crippen molar-refractivity contribution in [3.05, 3.63) is 34.9 Å². The smallest absolute Gasteiger partial charge is 0.0898 e. The third-order valence-corrected chi connectivity index (χ3v) is 4.73. The van der Waals surface area contributed by atoms with Crippen molar-refractivity contribution in [2.24, 2.45) is 0 Å². The maximum absolute atomic E-state index is 10.1. The first-order chi connectivity index (χ1) is 10.7. The number of benzene rings is 1. The molecule has 0 spiro atoms. The summed E-state index contributed by atoms with van der Waals surface area (Å²) in [6.45, 7) is 2.44. The number of ether oxygens (including phenoxy) is 2. The van der Waals surface area contributed by atoms with Gasteiger partial charge in [-0.2, -0.15) is 0 Å². The van der Waals surface area contributed by atoms with Gasteiger partial charge in [0.1, 0.15) is 0 Å². The molecule has 4 nitrogen and oxygen atoms in total. The van der Waals surface area contributed by atoms with Crippen LogP contribution in [0, 0.1) is 0 Å². The van der Waals surface area contributed by atoms with Crippen molar-refractivity contribution in [2.75, 3.05) is 26.4 Å². The number of hydrogen-bond acceptors (Lipinski definition) is 4. The van der Waals surface area contributed by atoms with Crippen molar-refractivity contribution < 1.29 is 14.6 Å². The lowest BCUT2D eigenvalue weighted by Gasteiger charge is -2.25. The van der Waals surface area contributed by atoms with Crippen LogP contribution in [0.3, 0.4) is 0 Å². The van der Waals surface area contributed by atoms with E-state index in [9.17, 15) is 5.11 Å². The summed E-state index contributed by atoms with van der Waals surface area (Å²) in [5.41, 5.74) is 1.20. The molecule has 1 aliphatic carbocycles. The summed E-state index contributed by atoms with van der Waals surface area (Å²) in [5.74, 6) is 0. The molecule has 5 heteroatoms. The fourth-order valence-corrected chi connectivity index (χ4v) is 3.13. The average molecular weight is 326 g/mol. The molecule has 22 heavy (non-hydrogen) atoms. The highest BCUT2D eigenvalue weighted by atomic mass is 35.5. The maximum Gasteiger partial charge on any atom is 0.0898 e. The number of halogens is 1. The number of nitrogens with one attached hydrogen (secondary N) is 1. The molecule has 122 valence electrons. The van der Waals surface area contributed by atoms with E-state index < -0.39 is 6.10 Å². The van der Waals surface area contributed by atoms with Gasteiger partial charge in [-0.05, 0) is 43.4 Å². The fraction of sp³-hybridized carbons (Fsp3) is 0.647. The van der Waals surface area contributed by atoms with Crippen molar-refractivity contribution in [3.63, 3.8) is 0 Å². The highest BCUT2D eigenvalue weighted by Gasteiger charge is 2.44. The Kier molecular flexibility index (Phi) is 5.37. The van der Waals surface area contributed by atoms with Gasteiger partial charge in [0.25, 0.3) is 0 Å². The molecular formula is C17H24ClNO3. The molecule has 2 N–H and O–H groups in total. The van der Waals surface area contributed by atoms with Gasteiger partial charge in [0.15, 0.2) is 0 Å². The van der Waals surface area contributed by atoms with E-state index in [1.165, 1.54) is 5.56 Å². The van der Waals surface area contributed by atoms with Crippen LogP contribution in [0.4, 0.5) is 0 Å². The summed E-state index contributed by atoms with van der Waals surface area (Å²) < 4.78 is 11.1. The average Bonchev–Trinajstić information content (AvgIpc) is 3.33. The van der Waals surface area contributed by atoms with Crippen molar-refractivity contribution >= 4 is 11.6 Å². The summed E-state index contributed by atoms with van der Waals surface area (Å²) in [6, 6.07) is 7.96. The third-order valence-electron chi connectivity index (χ3n) is 4.50. The zero-order valence-corrected chi connectivity index (χ0v) is 13.5. The number of hydrogen-bond donors (Lipinski definition) is 2.